The van der Waals surface area contributed by atoms with E-state index in [0.717, 1.165) is 17.7 Å². The maximum Gasteiger partial charge on any atom is 0.185 e. The molecule has 0 spiro atoms. The van der Waals surface area contributed by atoms with E-state index in [4.69, 9.17) is 23.2 Å². The molecular weight excluding hydrogens is 283 g/mol. The van der Waals surface area contributed by atoms with Gasteiger partial charge in [-0.2, -0.15) is 5.10 Å². The van der Waals surface area contributed by atoms with Gasteiger partial charge in [-0.15, -0.1) is 0 Å². The molecule has 2 aromatic rings. The molecule has 3 nitrogen and oxygen atoms in total. The topological polar surface area (TPSA) is 34.9 Å². The SMILES string of the molecule is CCc1cc(C(=O)Cc2cc(Cl)ccc2Cl)n(C)n1. The lowest BCUT2D eigenvalue weighted by atomic mass is 10.1. The highest BCUT2D eigenvalue weighted by Gasteiger charge is 2.15. The lowest BCUT2D eigenvalue weighted by molar-refractivity contribution is 0.0984. The molecule has 0 saturated carbocycles. The number of halogens is 2. The Kier molecular flexibility index (Phi) is 4.27. The number of Topliss-reactive ketones (excluding diaryl/α,β-unsaturated/α-hetero) is 1. The number of rotatable bonds is 4. The van der Waals surface area contributed by atoms with Gasteiger partial charge in [0.2, 0.25) is 0 Å². The summed E-state index contributed by atoms with van der Waals surface area (Å²) in [7, 11) is 1.77. The fourth-order valence-corrected chi connectivity index (χ4v) is 2.28. The monoisotopic (exact) mass is 296 g/mol. The summed E-state index contributed by atoms with van der Waals surface area (Å²) in [6.45, 7) is 2.00. The van der Waals surface area contributed by atoms with Crippen molar-refractivity contribution in [2.24, 2.45) is 7.05 Å². The molecule has 0 atom stereocenters. The van der Waals surface area contributed by atoms with Crippen LogP contribution in [0.4, 0.5) is 0 Å². The molecule has 0 aliphatic rings. The average Bonchev–Trinajstić information content (AvgIpc) is 2.75. The Balaban J connectivity index is 2.25. The van der Waals surface area contributed by atoms with Crippen molar-refractivity contribution in [3.8, 4) is 0 Å². The summed E-state index contributed by atoms with van der Waals surface area (Å²) in [5.41, 5.74) is 2.23. The van der Waals surface area contributed by atoms with Gasteiger partial charge in [0.1, 0.15) is 5.69 Å². The third-order valence-electron chi connectivity index (χ3n) is 2.94. The Morgan fingerprint density at radius 3 is 2.68 bits per heavy atom. The minimum Gasteiger partial charge on any atom is -0.292 e. The van der Waals surface area contributed by atoms with Gasteiger partial charge in [-0.3, -0.25) is 9.48 Å². The maximum absolute atomic E-state index is 12.3. The first kappa shape index (κ1) is 14.1. The van der Waals surface area contributed by atoms with Crippen molar-refractivity contribution in [2.75, 3.05) is 0 Å². The van der Waals surface area contributed by atoms with Crippen LogP contribution >= 0.6 is 23.2 Å². The molecule has 0 amide bonds. The van der Waals surface area contributed by atoms with Crippen LogP contribution in [-0.2, 0) is 19.9 Å². The van der Waals surface area contributed by atoms with Crippen molar-refractivity contribution in [3.05, 3.63) is 51.3 Å². The Hall–Kier alpha value is -1.32. The van der Waals surface area contributed by atoms with Crippen LogP contribution < -0.4 is 0 Å². The predicted octanol–water partition coefficient (Wildman–Crippen LogP) is 3.71. The van der Waals surface area contributed by atoms with Gasteiger partial charge in [-0.05, 0) is 36.2 Å². The Bertz CT molecular complexity index is 620. The van der Waals surface area contributed by atoms with Gasteiger partial charge in [-0.25, -0.2) is 0 Å². The van der Waals surface area contributed by atoms with Crippen LogP contribution in [-0.4, -0.2) is 15.6 Å². The molecule has 0 saturated heterocycles. The van der Waals surface area contributed by atoms with Gasteiger partial charge in [0.05, 0.1) is 5.69 Å². The normalized spacial score (nSPS) is 10.7. The van der Waals surface area contributed by atoms with Crippen LogP contribution in [0.25, 0.3) is 0 Å². The molecule has 0 aliphatic carbocycles. The number of hydrogen-bond donors (Lipinski definition) is 0. The molecule has 1 aromatic heterocycles. The summed E-state index contributed by atoms with van der Waals surface area (Å²) in [4.78, 5) is 12.3. The number of carbonyl (C=O) groups is 1. The summed E-state index contributed by atoms with van der Waals surface area (Å²) < 4.78 is 1.61. The van der Waals surface area contributed by atoms with E-state index in [-0.39, 0.29) is 12.2 Å². The van der Waals surface area contributed by atoms with Crippen LogP contribution in [0.2, 0.25) is 10.0 Å². The first-order chi connectivity index (χ1) is 9.01. The lowest BCUT2D eigenvalue weighted by Crippen LogP contribution is -2.09. The molecule has 0 N–H and O–H groups in total. The minimum atomic E-state index is -0.0149. The predicted molar refractivity (Wildman–Crippen MR) is 77.1 cm³/mol. The first-order valence-corrected chi connectivity index (χ1v) is 6.77. The third kappa shape index (κ3) is 3.17. The molecule has 100 valence electrons. The molecule has 1 heterocycles. The van der Waals surface area contributed by atoms with E-state index in [0.29, 0.717) is 15.7 Å². The zero-order valence-electron chi connectivity index (χ0n) is 10.8. The highest BCUT2D eigenvalue weighted by atomic mass is 35.5. The van der Waals surface area contributed by atoms with E-state index in [1.807, 2.05) is 13.0 Å². The Labute approximate surface area is 122 Å². The van der Waals surface area contributed by atoms with Crippen molar-refractivity contribution in [2.45, 2.75) is 19.8 Å². The van der Waals surface area contributed by atoms with E-state index < -0.39 is 0 Å². The summed E-state index contributed by atoms with van der Waals surface area (Å²) >= 11 is 12.0. The van der Waals surface area contributed by atoms with Gasteiger partial charge >= 0.3 is 0 Å². The first-order valence-electron chi connectivity index (χ1n) is 6.01. The van der Waals surface area contributed by atoms with Crippen molar-refractivity contribution >= 4 is 29.0 Å². The molecule has 5 heteroatoms. The number of hydrogen-bond acceptors (Lipinski definition) is 2. The van der Waals surface area contributed by atoms with Gasteiger partial charge < -0.3 is 0 Å². The van der Waals surface area contributed by atoms with Crippen molar-refractivity contribution in [3.63, 3.8) is 0 Å². The average molecular weight is 297 g/mol. The highest BCUT2D eigenvalue weighted by Crippen LogP contribution is 2.22. The molecule has 2 rings (SSSR count). The number of aryl methyl sites for hydroxylation is 2. The number of aromatic nitrogens is 2. The van der Waals surface area contributed by atoms with E-state index >= 15 is 0 Å². The van der Waals surface area contributed by atoms with Crippen molar-refractivity contribution in [1.29, 1.82) is 0 Å². The van der Waals surface area contributed by atoms with Gasteiger partial charge in [0.25, 0.3) is 0 Å². The smallest absolute Gasteiger partial charge is 0.185 e. The lowest BCUT2D eigenvalue weighted by Gasteiger charge is -2.04. The summed E-state index contributed by atoms with van der Waals surface area (Å²) in [5.74, 6) is -0.0149. The van der Waals surface area contributed by atoms with Crippen molar-refractivity contribution < 1.29 is 4.79 Å². The zero-order chi connectivity index (χ0) is 14.0. The standard InChI is InChI=1S/C14H14Cl2N2O/c1-3-11-8-13(18(2)17-11)14(19)7-9-6-10(15)4-5-12(9)16/h4-6,8H,3,7H2,1-2H3. The van der Waals surface area contributed by atoms with Crippen LogP contribution in [0.3, 0.4) is 0 Å². The van der Waals surface area contributed by atoms with E-state index in [1.165, 1.54) is 0 Å². The molecule has 1 aromatic carbocycles. The fraction of sp³-hybridized carbons (Fsp3) is 0.286. The maximum atomic E-state index is 12.3. The quantitative estimate of drug-likeness (QED) is 0.806. The number of ketones is 1. The van der Waals surface area contributed by atoms with Crippen LogP contribution in [0.15, 0.2) is 24.3 Å². The molecule has 0 radical (unpaired) electrons. The Morgan fingerprint density at radius 1 is 1.32 bits per heavy atom. The van der Waals surface area contributed by atoms with E-state index in [1.54, 1.807) is 29.9 Å². The summed E-state index contributed by atoms with van der Waals surface area (Å²) in [5, 5.41) is 5.40. The third-order valence-corrected chi connectivity index (χ3v) is 3.54. The molecule has 0 aliphatic heterocycles. The molecule has 0 unspecified atom stereocenters. The fourth-order valence-electron chi connectivity index (χ4n) is 1.90. The molecule has 0 fully saturated rings. The van der Waals surface area contributed by atoms with Crippen LogP contribution in [0, 0.1) is 0 Å². The highest BCUT2D eigenvalue weighted by molar-refractivity contribution is 6.33. The summed E-state index contributed by atoms with van der Waals surface area (Å²) in [6, 6.07) is 6.95. The van der Waals surface area contributed by atoms with Gasteiger partial charge in [-0.1, -0.05) is 30.1 Å². The number of carbonyl (C=O) groups excluding carboxylic acids is 1. The molecule has 19 heavy (non-hydrogen) atoms. The second-order valence-electron chi connectivity index (χ2n) is 4.33. The minimum absolute atomic E-state index is 0.0149. The van der Waals surface area contributed by atoms with Gasteiger partial charge in [0.15, 0.2) is 5.78 Å². The largest absolute Gasteiger partial charge is 0.292 e. The molecular formula is C14H14Cl2N2O. The number of nitrogens with zero attached hydrogens (tertiary/aromatic N) is 2. The Morgan fingerprint density at radius 2 is 2.05 bits per heavy atom. The van der Waals surface area contributed by atoms with Crippen LogP contribution in [0.1, 0.15) is 28.7 Å². The zero-order valence-corrected chi connectivity index (χ0v) is 12.3. The van der Waals surface area contributed by atoms with E-state index in [9.17, 15) is 4.79 Å². The second kappa shape index (κ2) is 5.76. The second-order valence-corrected chi connectivity index (χ2v) is 5.18. The van der Waals surface area contributed by atoms with Gasteiger partial charge in [0, 0.05) is 23.5 Å². The summed E-state index contributed by atoms with van der Waals surface area (Å²) in [6.07, 6.45) is 1.03. The molecule has 0 bridgehead atoms. The van der Waals surface area contributed by atoms with E-state index in [2.05, 4.69) is 5.10 Å². The van der Waals surface area contributed by atoms with Crippen molar-refractivity contribution in [1.82, 2.24) is 9.78 Å². The number of benzene rings is 1. The van der Waals surface area contributed by atoms with Crippen LogP contribution in [0.5, 0.6) is 0 Å².